The predicted octanol–water partition coefficient (Wildman–Crippen LogP) is 3.75. The summed E-state index contributed by atoms with van der Waals surface area (Å²) in [5.74, 6) is 0.732. The Labute approximate surface area is 178 Å². The van der Waals surface area contributed by atoms with E-state index in [1.54, 1.807) is 6.21 Å². The summed E-state index contributed by atoms with van der Waals surface area (Å²) in [7, 11) is 2.19. The molecule has 6 heteroatoms. The van der Waals surface area contributed by atoms with Crippen LogP contribution in [0.15, 0.2) is 33.9 Å². The lowest BCUT2D eigenvalue weighted by Gasteiger charge is -2.30. The second kappa shape index (κ2) is 8.74. The second-order valence-electron chi connectivity index (χ2n) is 8.75. The molecule has 1 fully saturated rings. The Kier molecular flexibility index (Phi) is 6.06. The first kappa shape index (κ1) is 20.8. The molecule has 1 atom stereocenters. The number of aromatic nitrogens is 1. The molecule has 1 aromatic carbocycles. The Morgan fingerprint density at radius 1 is 1.17 bits per heavy atom. The zero-order valence-corrected chi connectivity index (χ0v) is 18.5. The maximum atomic E-state index is 13.3. The Morgan fingerprint density at radius 3 is 2.77 bits per heavy atom. The maximum absolute atomic E-state index is 13.3. The molecule has 0 saturated carbocycles. The Bertz CT molecular complexity index is 1050. The van der Waals surface area contributed by atoms with Crippen molar-refractivity contribution in [2.24, 2.45) is 11.1 Å². The number of oxime groups is 1. The molecule has 0 radical (unpaired) electrons. The molecule has 4 rings (SSSR count). The minimum Gasteiger partial charge on any atom is -0.362 e. The highest BCUT2D eigenvalue weighted by Gasteiger charge is 2.26. The summed E-state index contributed by atoms with van der Waals surface area (Å²) in [5, 5.41) is 5.11. The molecule has 0 spiro atoms. The molecule has 6 nitrogen and oxygen atoms in total. The molecule has 0 bridgehead atoms. The van der Waals surface area contributed by atoms with Crippen LogP contribution in [0.2, 0.25) is 0 Å². The van der Waals surface area contributed by atoms with Crippen molar-refractivity contribution in [3.8, 4) is 0 Å². The first-order valence-corrected chi connectivity index (χ1v) is 10.9. The van der Waals surface area contributed by atoms with Crippen LogP contribution in [-0.2, 0) is 11.4 Å². The van der Waals surface area contributed by atoms with Gasteiger partial charge in [-0.15, -0.1) is 0 Å². The highest BCUT2D eigenvalue weighted by Crippen LogP contribution is 2.33. The van der Waals surface area contributed by atoms with Crippen molar-refractivity contribution in [2.45, 2.75) is 40.2 Å². The maximum Gasteiger partial charge on any atom is 0.256 e. The van der Waals surface area contributed by atoms with Gasteiger partial charge in [0.15, 0.2) is 0 Å². The summed E-state index contributed by atoms with van der Waals surface area (Å²) in [6.45, 7) is 11.1. The van der Waals surface area contributed by atoms with Crippen LogP contribution in [0.3, 0.4) is 0 Å². The molecule has 0 amide bonds. The summed E-state index contributed by atoms with van der Waals surface area (Å²) in [6, 6.07) is 6.26. The molecule has 0 aliphatic carbocycles. The summed E-state index contributed by atoms with van der Waals surface area (Å²) in [4.78, 5) is 26.8. The molecule has 2 aromatic rings. The number of pyridine rings is 1. The first-order valence-electron chi connectivity index (χ1n) is 10.9. The third kappa shape index (κ3) is 4.20. The van der Waals surface area contributed by atoms with E-state index in [9.17, 15) is 4.79 Å². The fraction of sp³-hybridized carbons (Fsp3) is 0.500. The van der Waals surface area contributed by atoms with Gasteiger partial charge in [-0.05, 0) is 64.5 Å². The van der Waals surface area contributed by atoms with Crippen LogP contribution in [0.1, 0.15) is 43.4 Å². The monoisotopic (exact) mass is 408 g/mol. The zero-order valence-electron chi connectivity index (χ0n) is 18.5. The van der Waals surface area contributed by atoms with Crippen molar-refractivity contribution >= 4 is 22.7 Å². The van der Waals surface area contributed by atoms with Gasteiger partial charge >= 0.3 is 0 Å². The van der Waals surface area contributed by atoms with Gasteiger partial charge in [0.2, 0.25) is 0 Å². The van der Waals surface area contributed by atoms with E-state index in [0.717, 1.165) is 60.3 Å². The van der Waals surface area contributed by atoms with Crippen LogP contribution in [0.4, 0.5) is 0 Å². The zero-order chi connectivity index (χ0) is 21.3. The number of fused-ring (bicyclic) bond motifs is 1. The van der Waals surface area contributed by atoms with Gasteiger partial charge in [0, 0.05) is 42.0 Å². The normalized spacial score (nSPS) is 21.5. The van der Waals surface area contributed by atoms with Gasteiger partial charge in [0.05, 0.1) is 11.8 Å². The largest absolute Gasteiger partial charge is 0.362 e. The Morgan fingerprint density at radius 2 is 1.97 bits per heavy atom. The van der Waals surface area contributed by atoms with Crippen molar-refractivity contribution in [3.05, 3.63) is 51.0 Å². The first-order chi connectivity index (χ1) is 14.4. The number of likely N-dealkylation sites (N-methyl/N-ethyl adjacent to an activating group) is 1. The highest BCUT2D eigenvalue weighted by atomic mass is 16.6. The molecule has 2 aliphatic heterocycles. The van der Waals surface area contributed by atoms with Gasteiger partial charge in [-0.3, -0.25) is 9.69 Å². The van der Waals surface area contributed by atoms with Crippen LogP contribution >= 0.6 is 0 Å². The van der Waals surface area contributed by atoms with Gasteiger partial charge < -0.3 is 14.7 Å². The van der Waals surface area contributed by atoms with E-state index in [1.807, 2.05) is 13.0 Å². The lowest BCUT2D eigenvalue weighted by Crippen LogP contribution is -2.37. The molecular formula is C24H32N4O2. The van der Waals surface area contributed by atoms with E-state index in [1.165, 1.54) is 18.4 Å². The van der Waals surface area contributed by atoms with Crippen LogP contribution < -0.4 is 5.56 Å². The molecule has 2 aliphatic rings. The predicted molar refractivity (Wildman–Crippen MR) is 123 cm³/mol. The molecule has 1 saturated heterocycles. The number of nitrogens with zero attached hydrogens (tertiary/aromatic N) is 3. The topological polar surface area (TPSA) is 60.9 Å². The van der Waals surface area contributed by atoms with E-state index in [2.05, 4.69) is 53.0 Å². The second-order valence-corrected chi connectivity index (χ2v) is 8.75. The third-order valence-electron chi connectivity index (χ3n) is 6.30. The van der Waals surface area contributed by atoms with Gasteiger partial charge in [0.1, 0.15) is 5.76 Å². The molecule has 1 unspecified atom stereocenters. The number of nitrogens with one attached hydrogen (secondary N) is 1. The van der Waals surface area contributed by atoms with Gasteiger partial charge in [-0.25, -0.2) is 0 Å². The number of allylic oxidation sites excluding steroid dienone is 2. The number of rotatable bonds is 3. The van der Waals surface area contributed by atoms with E-state index >= 15 is 0 Å². The summed E-state index contributed by atoms with van der Waals surface area (Å²) in [5.41, 5.74) is 4.82. The van der Waals surface area contributed by atoms with Crippen LogP contribution in [0.25, 0.3) is 16.5 Å². The molecule has 30 heavy (non-hydrogen) atoms. The lowest BCUT2D eigenvalue weighted by molar-refractivity contribution is 0.189. The van der Waals surface area contributed by atoms with E-state index < -0.39 is 0 Å². The van der Waals surface area contributed by atoms with E-state index in [4.69, 9.17) is 4.84 Å². The smallest absolute Gasteiger partial charge is 0.256 e. The summed E-state index contributed by atoms with van der Waals surface area (Å²) < 4.78 is 0. The molecule has 1 N–H and O–H groups in total. The van der Waals surface area contributed by atoms with E-state index in [0.29, 0.717) is 5.76 Å². The Hall–Kier alpha value is -2.44. The molecule has 160 valence electrons. The molecule has 3 heterocycles. The van der Waals surface area contributed by atoms with Crippen molar-refractivity contribution in [1.29, 1.82) is 0 Å². The number of hydrogen-bond donors (Lipinski definition) is 1. The number of aryl methyl sites for hydroxylation is 1. The van der Waals surface area contributed by atoms with Crippen LogP contribution in [0, 0.1) is 12.8 Å². The average Bonchev–Trinajstić information content (AvgIpc) is 2.69. The fourth-order valence-corrected chi connectivity index (χ4v) is 4.61. The average molecular weight is 409 g/mol. The number of aromatic amines is 1. The molecule has 1 aromatic heterocycles. The van der Waals surface area contributed by atoms with Crippen LogP contribution in [0.5, 0.6) is 0 Å². The number of benzene rings is 1. The summed E-state index contributed by atoms with van der Waals surface area (Å²) in [6.07, 6.45) is 4.16. The summed E-state index contributed by atoms with van der Waals surface area (Å²) >= 11 is 0. The number of hydrogen-bond acceptors (Lipinski definition) is 5. The van der Waals surface area contributed by atoms with Crippen LogP contribution in [-0.4, -0.2) is 54.2 Å². The fourth-order valence-electron chi connectivity index (χ4n) is 4.61. The molecular weight excluding hydrogens is 376 g/mol. The quantitative estimate of drug-likeness (QED) is 0.840. The van der Waals surface area contributed by atoms with Gasteiger partial charge in [0.25, 0.3) is 5.56 Å². The minimum atomic E-state index is -0.0504. The highest BCUT2D eigenvalue weighted by molar-refractivity contribution is 5.92. The standard InChI is InChI=1S/C24H32N4O2/c1-16-7-8-21-19(13-16)20(15-28-10-6-5-9-27(4)11-12-28)23(24(29)26-21)22-17(2)14-25-30-18(22)3/h7-8,13-14,17H,5-6,9-12,15H2,1-4H3,(H,26,29). The lowest BCUT2D eigenvalue weighted by atomic mass is 9.88. The van der Waals surface area contributed by atoms with Crippen molar-refractivity contribution < 1.29 is 4.84 Å². The van der Waals surface area contributed by atoms with Gasteiger partial charge in [-0.1, -0.05) is 23.7 Å². The van der Waals surface area contributed by atoms with Crippen molar-refractivity contribution in [2.75, 3.05) is 33.2 Å². The minimum absolute atomic E-state index is 0.0272. The number of H-pyrrole nitrogens is 1. The van der Waals surface area contributed by atoms with E-state index in [-0.39, 0.29) is 11.5 Å². The van der Waals surface area contributed by atoms with Crippen molar-refractivity contribution in [1.82, 2.24) is 14.8 Å². The van der Waals surface area contributed by atoms with Gasteiger partial charge in [-0.2, -0.15) is 0 Å². The SMILES string of the molecule is CC1=C(c2c(CN3CCCCN(C)CC3)c3cc(C)ccc3[nH]c2=O)C(C)C=NO1. The Balaban J connectivity index is 1.86. The third-order valence-corrected chi connectivity index (χ3v) is 6.30. The van der Waals surface area contributed by atoms with Crippen molar-refractivity contribution in [3.63, 3.8) is 0 Å².